The van der Waals surface area contributed by atoms with Crippen LogP contribution in [0.25, 0.3) is 0 Å². The van der Waals surface area contributed by atoms with Gasteiger partial charge in [-0.3, -0.25) is 10.1 Å². The quantitative estimate of drug-likeness (QED) is 0.275. The lowest BCUT2D eigenvalue weighted by atomic mass is 10.2. The van der Waals surface area contributed by atoms with E-state index in [-0.39, 0.29) is 12.2 Å². The summed E-state index contributed by atoms with van der Waals surface area (Å²) >= 11 is 3.44. The molecule has 0 aliphatic rings. The highest BCUT2D eigenvalue weighted by Gasteiger charge is 2.11. The van der Waals surface area contributed by atoms with Crippen LogP contribution in [0, 0.1) is 10.1 Å². The smallest absolute Gasteiger partial charge is 0.287 e. The summed E-state index contributed by atoms with van der Waals surface area (Å²) in [4.78, 5) is 13.9. The minimum atomic E-state index is -0.520. The molecule has 0 fully saturated rings. The first-order chi connectivity index (χ1) is 12.0. The van der Waals surface area contributed by atoms with E-state index in [1.807, 2.05) is 6.07 Å². The highest BCUT2D eigenvalue weighted by molar-refractivity contribution is 9.10. The Morgan fingerprint density at radius 2 is 2.24 bits per heavy atom. The first kappa shape index (κ1) is 18.5. The van der Waals surface area contributed by atoms with Crippen molar-refractivity contribution in [3.8, 4) is 11.5 Å². The standard InChI is InChI=1S/C16H15BrN4O4/c1-3-6-25-16-13(17)7-11(8-14(16)24-2)9-19-20-15-5-4-12(10-18-15)21(22)23/h3-5,7-8,10H,1,6,9H2,2H3. The van der Waals surface area contributed by atoms with E-state index in [4.69, 9.17) is 9.47 Å². The van der Waals surface area contributed by atoms with Gasteiger partial charge in [0.15, 0.2) is 17.3 Å². The molecule has 0 N–H and O–H groups in total. The Balaban J connectivity index is 2.10. The highest BCUT2D eigenvalue weighted by atomic mass is 79.9. The number of pyridine rings is 1. The lowest BCUT2D eigenvalue weighted by molar-refractivity contribution is -0.385. The third-order valence-electron chi connectivity index (χ3n) is 3.00. The molecule has 1 aromatic carbocycles. The van der Waals surface area contributed by atoms with E-state index in [9.17, 15) is 10.1 Å². The van der Waals surface area contributed by atoms with E-state index in [1.165, 1.54) is 12.1 Å². The Morgan fingerprint density at radius 1 is 1.44 bits per heavy atom. The van der Waals surface area contributed by atoms with Crippen LogP contribution in [0.15, 0.2) is 57.8 Å². The Hall–Kier alpha value is -2.81. The van der Waals surface area contributed by atoms with Gasteiger partial charge in [-0.05, 0) is 39.7 Å². The summed E-state index contributed by atoms with van der Waals surface area (Å²) in [6, 6.07) is 6.41. The number of hydrogen-bond acceptors (Lipinski definition) is 7. The van der Waals surface area contributed by atoms with Crippen molar-refractivity contribution in [1.29, 1.82) is 0 Å². The van der Waals surface area contributed by atoms with E-state index >= 15 is 0 Å². The number of hydrogen-bond donors (Lipinski definition) is 0. The van der Waals surface area contributed by atoms with Crippen LogP contribution < -0.4 is 9.47 Å². The molecule has 1 heterocycles. The van der Waals surface area contributed by atoms with Crippen LogP contribution in [-0.4, -0.2) is 23.6 Å². The van der Waals surface area contributed by atoms with Crippen LogP contribution in [0.2, 0.25) is 0 Å². The number of azo groups is 1. The molecule has 0 aliphatic carbocycles. The second-order valence-electron chi connectivity index (χ2n) is 4.74. The molecule has 1 aromatic heterocycles. The zero-order valence-electron chi connectivity index (χ0n) is 13.4. The van der Waals surface area contributed by atoms with Gasteiger partial charge < -0.3 is 9.47 Å². The molecule has 0 saturated carbocycles. The van der Waals surface area contributed by atoms with Gasteiger partial charge in [0.2, 0.25) is 0 Å². The first-order valence-corrected chi connectivity index (χ1v) is 7.92. The van der Waals surface area contributed by atoms with Gasteiger partial charge in [-0.15, -0.1) is 5.11 Å². The van der Waals surface area contributed by atoms with Crippen LogP contribution in [0.1, 0.15) is 5.56 Å². The largest absolute Gasteiger partial charge is 0.493 e. The first-order valence-electron chi connectivity index (χ1n) is 7.13. The maximum absolute atomic E-state index is 10.6. The van der Waals surface area contributed by atoms with Crippen molar-refractivity contribution in [2.45, 2.75) is 6.54 Å². The molecule has 0 radical (unpaired) electrons. The number of nitro groups is 1. The summed E-state index contributed by atoms with van der Waals surface area (Å²) < 4.78 is 11.6. The Morgan fingerprint density at radius 3 is 2.84 bits per heavy atom. The maximum Gasteiger partial charge on any atom is 0.287 e. The molecule has 0 saturated heterocycles. The summed E-state index contributed by atoms with van der Waals surface area (Å²) in [5.74, 6) is 1.44. The molecule has 2 aromatic rings. The molecule has 9 heteroatoms. The van der Waals surface area contributed by atoms with Gasteiger partial charge in [0.05, 0.1) is 23.1 Å². The van der Waals surface area contributed by atoms with Gasteiger partial charge in [-0.1, -0.05) is 12.7 Å². The van der Waals surface area contributed by atoms with Crippen LogP contribution in [0.4, 0.5) is 11.5 Å². The van der Waals surface area contributed by atoms with Crippen LogP contribution in [-0.2, 0) is 6.54 Å². The second-order valence-corrected chi connectivity index (χ2v) is 5.59. The van der Waals surface area contributed by atoms with Gasteiger partial charge in [0.1, 0.15) is 12.8 Å². The Labute approximate surface area is 152 Å². The van der Waals surface area contributed by atoms with Crippen LogP contribution in [0.5, 0.6) is 11.5 Å². The number of aromatic nitrogens is 1. The SMILES string of the molecule is C=CCOc1c(Br)cc(CN=Nc2ccc([N+](=O)[O-])cn2)cc1OC. The molecule has 0 unspecified atom stereocenters. The van der Waals surface area contributed by atoms with E-state index < -0.39 is 4.92 Å². The van der Waals surface area contributed by atoms with E-state index in [1.54, 1.807) is 19.3 Å². The lowest BCUT2D eigenvalue weighted by Gasteiger charge is -2.12. The van der Waals surface area contributed by atoms with Crippen LogP contribution >= 0.6 is 15.9 Å². The van der Waals surface area contributed by atoms with Crippen molar-refractivity contribution in [2.24, 2.45) is 10.2 Å². The summed E-state index contributed by atoms with van der Waals surface area (Å²) in [6.45, 7) is 4.26. The molecular formula is C16H15BrN4O4. The van der Waals surface area contributed by atoms with Gasteiger partial charge in [0, 0.05) is 6.07 Å². The topological polar surface area (TPSA) is 99.2 Å². The van der Waals surface area contributed by atoms with Crippen molar-refractivity contribution >= 4 is 27.4 Å². The molecule has 0 amide bonds. The molecule has 25 heavy (non-hydrogen) atoms. The van der Waals surface area contributed by atoms with E-state index in [0.717, 1.165) is 16.2 Å². The monoisotopic (exact) mass is 406 g/mol. The molecule has 0 aliphatic heterocycles. The fourth-order valence-electron chi connectivity index (χ4n) is 1.88. The minimum Gasteiger partial charge on any atom is -0.493 e. The normalized spacial score (nSPS) is 10.6. The molecule has 0 bridgehead atoms. The fourth-order valence-corrected chi connectivity index (χ4v) is 2.49. The van der Waals surface area contributed by atoms with Gasteiger partial charge in [-0.2, -0.15) is 5.11 Å². The number of halogens is 1. The third kappa shape index (κ3) is 5.08. The fraction of sp³-hybridized carbons (Fsp3) is 0.188. The average molecular weight is 407 g/mol. The maximum atomic E-state index is 10.6. The molecule has 130 valence electrons. The predicted molar refractivity (Wildman–Crippen MR) is 95.5 cm³/mol. The summed E-state index contributed by atoms with van der Waals surface area (Å²) in [7, 11) is 1.55. The molecule has 0 spiro atoms. The summed E-state index contributed by atoms with van der Waals surface area (Å²) in [6.07, 6.45) is 2.78. The number of benzene rings is 1. The van der Waals surface area contributed by atoms with Crippen LogP contribution in [0.3, 0.4) is 0 Å². The summed E-state index contributed by atoms with van der Waals surface area (Å²) in [5, 5.41) is 18.6. The number of ether oxygens (including phenoxy) is 2. The van der Waals surface area contributed by atoms with Gasteiger partial charge in [0.25, 0.3) is 5.69 Å². The predicted octanol–water partition coefficient (Wildman–Crippen LogP) is 4.61. The number of methoxy groups -OCH3 is 1. The summed E-state index contributed by atoms with van der Waals surface area (Å²) in [5.41, 5.74) is 0.753. The van der Waals surface area contributed by atoms with E-state index in [2.05, 4.69) is 37.7 Å². The zero-order chi connectivity index (χ0) is 18.2. The molecule has 0 atom stereocenters. The molecule has 2 rings (SSSR count). The number of rotatable bonds is 8. The zero-order valence-corrected chi connectivity index (χ0v) is 15.0. The molecular weight excluding hydrogens is 392 g/mol. The van der Waals surface area contributed by atoms with E-state index in [0.29, 0.717) is 23.9 Å². The minimum absolute atomic E-state index is 0.0947. The van der Waals surface area contributed by atoms with Gasteiger partial charge in [-0.25, -0.2) is 4.98 Å². The molecule has 8 nitrogen and oxygen atoms in total. The average Bonchev–Trinajstić information content (AvgIpc) is 2.61. The van der Waals surface area contributed by atoms with Crippen molar-refractivity contribution in [1.82, 2.24) is 4.98 Å². The second kappa shape index (κ2) is 8.88. The van der Waals surface area contributed by atoms with Crippen molar-refractivity contribution in [3.05, 3.63) is 63.3 Å². The third-order valence-corrected chi connectivity index (χ3v) is 3.59. The van der Waals surface area contributed by atoms with Crippen molar-refractivity contribution < 1.29 is 14.4 Å². The van der Waals surface area contributed by atoms with Gasteiger partial charge >= 0.3 is 0 Å². The number of nitrogens with zero attached hydrogens (tertiary/aromatic N) is 4. The highest BCUT2D eigenvalue weighted by Crippen LogP contribution is 2.37. The van der Waals surface area contributed by atoms with Crippen molar-refractivity contribution in [2.75, 3.05) is 13.7 Å². The van der Waals surface area contributed by atoms with Crippen molar-refractivity contribution in [3.63, 3.8) is 0 Å². The lowest BCUT2D eigenvalue weighted by Crippen LogP contribution is -1.98. The Bertz CT molecular complexity index is 793. The Kier molecular flexibility index (Phi) is 6.58.